The molecule has 3 aromatic carbocycles. The number of ether oxygens (including phenoxy) is 1. The van der Waals surface area contributed by atoms with E-state index < -0.39 is 11.7 Å². The SMILES string of the molecule is O=C(Nc1ccc(C(=O)c2ccc(NC(=O)c3ccc(N4CCOCC4)cc3)cc2)cc1)C(=O)c1cccs1. The van der Waals surface area contributed by atoms with Crippen LogP contribution in [0.4, 0.5) is 17.1 Å². The van der Waals surface area contributed by atoms with Crippen LogP contribution >= 0.6 is 11.3 Å². The third-order valence-corrected chi connectivity index (χ3v) is 7.14. The fraction of sp³-hybridized carbons (Fsp3) is 0.133. The molecule has 1 fully saturated rings. The molecule has 2 amide bonds. The maximum atomic E-state index is 12.9. The average molecular weight is 540 g/mol. The van der Waals surface area contributed by atoms with Gasteiger partial charge in [0.05, 0.1) is 18.1 Å². The van der Waals surface area contributed by atoms with Crippen molar-refractivity contribution >= 4 is 51.8 Å². The van der Waals surface area contributed by atoms with Crippen LogP contribution in [0.25, 0.3) is 0 Å². The number of anilines is 3. The number of nitrogens with one attached hydrogen (secondary N) is 2. The van der Waals surface area contributed by atoms with Gasteiger partial charge in [-0.1, -0.05) is 6.07 Å². The zero-order valence-corrected chi connectivity index (χ0v) is 21.7. The summed E-state index contributed by atoms with van der Waals surface area (Å²) in [5.74, 6) is -1.79. The van der Waals surface area contributed by atoms with Crippen LogP contribution in [0.5, 0.6) is 0 Å². The van der Waals surface area contributed by atoms with Crippen LogP contribution in [0.1, 0.15) is 36.0 Å². The molecule has 0 unspecified atom stereocenters. The molecule has 2 N–H and O–H groups in total. The molecule has 1 saturated heterocycles. The zero-order chi connectivity index (χ0) is 27.2. The fourth-order valence-electron chi connectivity index (χ4n) is 4.13. The van der Waals surface area contributed by atoms with Gasteiger partial charge in [0.25, 0.3) is 17.6 Å². The number of carbonyl (C=O) groups excluding carboxylic acids is 4. The van der Waals surface area contributed by atoms with Crippen molar-refractivity contribution in [3.8, 4) is 0 Å². The van der Waals surface area contributed by atoms with Gasteiger partial charge in [-0.25, -0.2) is 0 Å². The number of Topliss-reactive ketones (excluding diaryl/α,β-unsaturated/α-hetero) is 1. The number of rotatable bonds is 8. The van der Waals surface area contributed by atoms with E-state index in [2.05, 4.69) is 15.5 Å². The number of hydrogen-bond acceptors (Lipinski definition) is 7. The molecular formula is C30H25N3O5S. The molecule has 4 aromatic rings. The molecule has 1 aliphatic heterocycles. The molecule has 8 nitrogen and oxygen atoms in total. The van der Waals surface area contributed by atoms with Crippen LogP contribution in [0.3, 0.4) is 0 Å². The maximum Gasteiger partial charge on any atom is 0.297 e. The molecule has 2 heterocycles. The minimum absolute atomic E-state index is 0.209. The van der Waals surface area contributed by atoms with E-state index >= 15 is 0 Å². The molecule has 0 spiro atoms. The lowest BCUT2D eigenvalue weighted by Gasteiger charge is -2.28. The first kappa shape index (κ1) is 26.0. The van der Waals surface area contributed by atoms with Gasteiger partial charge >= 0.3 is 0 Å². The third kappa shape index (κ3) is 6.28. The second-order valence-electron chi connectivity index (χ2n) is 8.84. The van der Waals surface area contributed by atoms with Crippen molar-refractivity contribution in [1.29, 1.82) is 0 Å². The number of amides is 2. The number of ketones is 2. The normalized spacial score (nSPS) is 13.0. The summed E-state index contributed by atoms with van der Waals surface area (Å²) in [6, 6.07) is 23.7. The second kappa shape index (κ2) is 11.8. The molecule has 1 aromatic heterocycles. The Bertz CT molecular complexity index is 1480. The van der Waals surface area contributed by atoms with Crippen molar-refractivity contribution in [3.05, 3.63) is 112 Å². The highest BCUT2D eigenvalue weighted by molar-refractivity contribution is 7.13. The molecule has 39 heavy (non-hydrogen) atoms. The average Bonchev–Trinajstić information content (AvgIpc) is 3.53. The summed E-state index contributed by atoms with van der Waals surface area (Å²) >= 11 is 1.20. The molecule has 0 aliphatic carbocycles. The molecule has 0 bridgehead atoms. The van der Waals surface area contributed by atoms with Crippen molar-refractivity contribution in [2.45, 2.75) is 0 Å². The van der Waals surface area contributed by atoms with E-state index in [-0.39, 0.29) is 11.7 Å². The zero-order valence-electron chi connectivity index (χ0n) is 20.9. The van der Waals surface area contributed by atoms with Gasteiger partial charge in [0.1, 0.15) is 0 Å². The third-order valence-electron chi connectivity index (χ3n) is 6.27. The number of hydrogen-bond donors (Lipinski definition) is 2. The summed E-state index contributed by atoms with van der Waals surface area (Å²) in [6.07, 6.45) is 0. The first-order valence-electron chi connectivity index (χ1n) is 12.4. The smallest absolute Gasteiger partial charge is 0.297 e. The van der Waals surface area contributed by atoms with Gasteiger partial charge in [-0.05, 0) is 84.2 Å². The van der Waals surface area contributed by atoms with Gasteiger partial charge in [0.2, 0.25) is 0 Å². The van der Waals surface area contributed by atoms with E-state index in [1.807, 2.05) is 12.1 Å². The van der Waals surface area contributed by atoms with Crippen LogP contribution in [0.15, 0.2) is 90.3 Å². The highest BCUT2D eigenvalue weighted by Gasteiger charge is 2.18. The summed E-state index contributed by atoms with van der Waals surface area (Å²) in [5.41, 5.74) is 3.46. The first-order valence-corrected chi connectivity index (χ1v) is 13.2. The minimum Gasteiger partial charge on any atom is -0.378 e. The van der Waals surface area contributed by atoms with E-state index in [1.165, 1.54) is 11.3 Å². The monoisotopic (exact) mass is 539 g/mol. The van der Waals surface area contributed by atoms with Gasteiger partial charge in [-0.2, -0.15) is 0 Å². The lowest BCUT2D eigenvalue weighted by molar-refractivity contribution is -0.112. The molecule has 1 aliphatic rings. The van der Waals surface area contributed by atoms with Gasteiger partial charge in [-0.3, -0.25) is 19.2 Å². The molecule has 0 atom stereocenters. The summed E-state index contributed by atoms with van der Waals surface area (Å²) < 4.78 is 5.38. The van der Waals surface area contributed by atoms with Gasteiger partial charge in [-0.15, -0.1) is 11.3 Å². The van der Waals surface area contributed by atoms with Crippen molar-refractivity contribution < 1.29 is 23.9 Å². The Kier molecular flexibility index (Phi) is 7.91. The van der Waals surface area contributed by atoms with E-state index in [0.29, 0.717) is 46.2 Å². The Balaban J connectivity index is 1.17. The largest absolute Gasteiger partial charge is 0.378 e. The van der Waals surface area contributed by atoms with Crippen LogP contribution in [0.2, 0.25) is 0 Å². The predicted molar refractivity (Wildman–Crippen MR) is 151 cm³/mol. The van der Waals surface area contributed by atoms with Crippen LogP contribution < -0.4 is 15.5 Å². The number of benzene rings is 3. The Hall–Kier alpha value is -4.60. The Morgan fingerprint density at radius 3 is 1.82 bits per heavy atom. The number of nitrogens with zero attached hydrogens (tertiary/aromatic N) is 1. The molecule has 0 radical (unpaired) electrons. The van der Waals surface area contributed by atoms with Crippen molar-refractivity contribution in [2.75, 3.05) is 41.8 Å². The lowest BCUT2D eigenvalue weighted by Crippen LogP contribution is -2.36. The van der Waals surface area contributed by atoms with Crippen molar-refractivity contribution in [1.82, 2.24) is 0 Å². The van der Waals surface area contributed by atoms with Gasteiger partial charge in [0, 0.05) is 46.8 Å². The Labute approximate surface area is 229 Å². The highest BCUT2D eigenvalue weighted by atomic mass is 32.1. The van der Waals surface area contributed by atoms with Crippen LogP contribution in [-0.4, -0.2) is 49.7 Å². The lowest BCUT2D eigenvalue weighted by atomic mass is 10.0. The number of morpholine rings is 1. The number of thiophene rings is 1. The van der Waals surface area contributed by atoms with Crippen molar-refractivity contribution in [3.63, 3.8) is 0 Å². The standard InChI is InChI=1S/C30H25N3O5S/c34-27(21-5-11-24(12-6-21)32-30(37)28(35)26-2-1-19-39-26)20-3-9-23(10-4-20)31-29(36)22-7-13-25(14-8-22)33-15-17-38-18-16-33/h1-14,19H,15-18H2,(H,31,36)(H,32,37). The van der Waals surface area contributed by atoms with Gasteiger partial charge < -0.3 is 20.3 Å². The topological polar surface area (TPSA) is 105 Å². The van der Waals surface area contributed by atoms with Gasteiger partial charge in [0.15, 0.2) is 5.78 Å². The van der Waals surface area contributed by atoms with E-state index in [4.69, 9.17) is 4.74 Å². The summed E-state index contributed by atoms with van der Waals surface area (Å²) in [5, 5.41) is 7.14. The Morgan fingerprint density at radius 2 is 1.26 bits per heavy atom. The van der Waals surface area contributed by atoms with Crippen LogP contribution in [-0.2, 0) is 9.53 Å². The van der Waals surface area contributed by atoms with E-state index in [9.17, 15) is 19.2 Å². The molecule has 9 heteroatoms. The molecule has 5 rings (SSSR count). The van der Waals surface area contributed by atoms with E-state index in [1.54, 1.807) is 78.2 Å². The highest BCUT2D eigenvalue weighted by Crippen LogP contribution is 2.20. The summed E-state index contributed by atoms with van der Waals surface area (Å²) in [6.45, 7) is 3.05. The minimum atomic E-state index is -0.734. The summed E-state index contributed by atoms with van der Waals surface area (Å²) in [4.78, 5) is 52.5. The summed E-state index contributed by atoms with van der Waals surface area (Å²) in [7, 11) is 0. The second-order valence-corrected chi connectivity index (χ2v) is 9.79. The van der Waals surface area contributed by atoms with Crippen LogP contribution in [0, 0.1) is 0 Å². The fourth-order valence-corrected chi connectivity index (χ4v) is 4.79. The predicted octanol–water partition coefficient (Wildman–Crippen LogP) is 4.89. The quantitative estimate of drug-likeness (QED) is 0.244. The van der Waals surface area contributed by atoms with E-state index in [0.717, 1.165) is 18.8 Å². The maximum absolute atomic E-state index is 12.9. The van der Waals surface area contributed by atoms with Crippen molar-refractivity contribution in [2.24, 2.45) is 0 Å². The molecule has 196 valence electrons. The Morgan fingerprint density at radius 1 is 0.692 bits per heavy atom. The molecular weight excluding hydrogens is 514 g/mol. The first-order chi connectivity index (χ1) is 19.0. The number of carbonyl (C=O) groups is 4. The molecule has 0 saturated carbocycles.